The van der Waals surface area contributed by atoms with Gasteiger partial charge in [-0.05, 0) is 56.1 Å². The molecule has 1 heterocycles. The first-order chi connectivity index (χ1) is 14.5. The number of ether oxygens (including phenoxy) is 2. The highest BCUT2D eigenvalue weighted by Crippen LogP contribution is 2.26. The molecule has 30 heavy (non-hydrogen) atoms. The Morgan fingerprint density at radius 1 is 1.10 bits per heavy atom. The van der Waals surface area contributed by atoms with Gasteiger partial charge >= 0.3 is 0 Å². The molecule has 0 aliphatic carbocycles. The van der Waals surface area contributed by atoms with Crippen molar-refractivity contribution in [3.8, 4) is 11.5 Å². The number of hydrogen-bond donors (Lipinski definition) is 1. The Morgan fingerprint density at radius 3 is 2.43 bits per heavy atom. The molecule has 6 heteroatoms. The molecule has 0 radical (unpaired) electrons. The van der Waals surface area contributed by atoms with E-state index in [1.807, 2.05) is 42.3 Å². The Morgan fingerprint density at radius 2 is 1.80 bits per heavy atom. The second-order valence-electron chi connectivity index (χ2n) is 8.11. The predicted octanol–water partition coefficient (Wildman–Crippen LogP) is 4.01. The fourth-order valence-corrected chi connectivity index (χ4v) is 3.80. The molecule has 3 rings (SSSR count). The molecule has 162 valence electrons. The van der Waals surface area contributed by atoms with Gasteiger partial charge in [-0.2, -0.15) is 0 Å². The van der Waals surface area contributed by atoms with Crippen molar-refractivity contribution in [2.24, 2.45) is 5.92 Å². The van der Waals surface area contributed by atoms with E-state index in [1.54, 1.807) is 14.2 Å². The van der Waals surface area contributed by atoms with Gasteiger partial charge < -0.3 is 19.7 Å². The molecule has 0 atom stereocenters. The lowest BCUT2D eigenvalue weighted by molar-refractivity contribution is -0.117. The maximum absolute atomic E-state index is 12.5. The van der Waals surface area contributed by atoms with Gasteiger partial charge in [0.1, 0.15) is 11.5 Å². The molecule has 1 fully saturated rings. The molecule has 2 aromatic carbocycles. The van der Waals surface area contributed by atoms with E-state index in [-0.39, 0.29) is 5.91 Å². The molecule has 0 aromatic heterocycles. The number of benzene rings is 2. The summed E-state index contributed by atoms with van der Waals surface area (Å²) in [5, 5.41) is 2.99. The number of anilines is 2. The number of carbonyl (C=O) groups excluding carboxylic acids is 1. The minimum atomic E-state index is -0.0375. The average Bonchev–Trinajstić information content (AvgIpc) is 2.75. The number of amides is 1. The molecule has 1 aliphatic rings. The van der Waals surface area contributed by atoms with E-state index in [2.05, 4.69) is 29.3 Å². The summed E-state index contributed by atoms with van der Waals surface area (Å²) in [5.74, 6) is 2.28. The first-order valence-corrected chi connectivity index (χ1v) is 10.5. The van der Waals surface area contributed by atoms with Crippen molar-refractivity contribution < 1.29 is 14.3 Å². The van der Waals surface area contributed by atoms with Gasteiger partial charge in [-0.1, -0.05) is 13.0 Å². The summed E-state index contributed by atoms with van der Waals surface area (Å²) in [5.41, 5.74) is 3.06. The highest BCUT2D eigenvalue weighted by atomic mass is 16.5. The normalized spacial score (nSPS) is 14.6. The maximum Gasteiger partial charge on any atom is 0.238 e. The predicted molar refractivity (Wildman–Crippen MR) is 122 cm³/mol. The Kier molecular flexibility index (Phi) is 7.57. The molecule has 1 aliphatic heterocycles. The van der Waals surface area contributed by atoms with Crippen LogP contribution >= 0.6 is 0 Å². The molecule has 0 spiro atoms. The first kappa shape index (κ1) is 22.0. The van der Waals surface area contributed by atoms with Gasteiger partial charge in [-0.15, -0.1) is 0 Å². The summed E-state index contributed by atoms with van der Waals surface area (Å²) in [6.45, 7) is 5.42. The second-order valence-corrected chi connectivity index (χ2v) is 8.11. The van der Waals surface area contributed by atoms with Crippen LogP contribution in [-0.2, 0) is 11.3 Å². The van der Waals surface area contributed by atoms with Crippen LogP contribution in [0.4, 0.5) is 11.4 Å². The minimum Gasteiger partial charge on any atom is -0.497 e. The van der Waals surface area contributed by atoms with E-state index in [0.717, 1.165) is 41.8 Å². The third kappa shape index (κ3) is 5.89. The lowest BCUT2D eigenvalue weighted by Crippen LogP contribution is -2.32. The monoisotopic (exact) mass is 411 g/mol. The number of likely N-dealkylation sites (N-methyl/N-ethyl adjacent to an activating group) is 1. The fourth-order valence-electron chi connectivity index (χ4n) is 3.80. The zero-order chi connectivity index (χ0) is 21.5. The average molecular weight is 412 g/mol. The van der Waals surface area contributed by atoms with Crippen molar-refractivity contribution in [2.45, 2.75) is 26.3 Å². The van der Waals surface area contributed by atoms with Gasteiger partial charge in [-0.25, -0.2) is 0 Å². The Labute approximate surface area is 179 Å². The number of hydrogen-bond acceptors (Lipinski definition) is 5. The zero-order valence-corrected chi connectivity index (χ0v) is 18.5. The fraction of sp³-hybridized carbons (Fsp3) is 0.458. The molecule has 6 nitrogen and oxygen atoms in total. The van der Waals surface area contributed by atoms with E-state index < -0.39 is 0 Å². The summed E-state index contributed by atoms with van der Waals surface area (Å²) >= 11 is 0. The van der Waals surface area contributed by atoms with Crippen LogP contribution in [0.5, 0.6) is 11.5 Å². The SMILES string of the molecule is COc1ccc(CN(C)CC(=O)Nc2ccc(N3CCC(C)CC3)cc2)c(OC)c1. The number of methoxy groups -OCH3 is 2. The maximum atomic E-state index is 12.5. The van der Waals surface area contributed by atoms with Crippen molar-refractivity contribution in [1.29, 1.82) is 0 Å². The van der Waals surface area contributed by atoms with Crippen molar-refractivity contribution in [1.82, 2.24) is 4.90 Å². The molecular formula is C24H33N3O3. The molecule has 0 unspecified atom stereocenters. The number of nitrogens with zero attached hydrogens (tertiary/aromatic N) is 2. The highest BCUT2D eigenvalue weighted by molar-refractivity contribution is 5.92. The Bertz CT molecular complexity index is 830. The van der Waals surface area contributed by atoms with Crippen molar-refractivity contribution >= 4 is 17.3 Å². The van der Waals surface area contributed by atoms with E-state index in [0.29, 0.717) is 13.1 Å². The van der Waals surface area contributed by atoms with Gasteiger partial charge in [0.05, 0.1) is 20.8 Å². The van der Waals surface area contributed by atoms with Crippen LogP contribution in [0.25, 0.3) is 0 Å². The van der Waals surface area contributed by atoms with Crippen LogP contribution in [-0.4, -0.2) is 51.7 Å². The lowest BCUT2D eigenvalue weighted by Gasteiger charge is -2.32. The van der Waals surface area contributed by atoms with E-state index >= 15 is 0 Å². The van der Waals surface area contributed by atoms with Gasteiger partial charge in [0.15, 0.2) is 0 Å². The van der Waals surface area contributed by atoms with Crippen molar-refractivity contribution in [3.63, 3.8) is 0 Å². The molecule has 0 saturated carbocycles. The number of nitrogens with one attached hydrogen (secondary N) is 1. The third-order valence-corrected chi connectivity index (χ3v) is 5.65. The van der Waals surface area contributed by atoms with Gasteiger partial charge in [-0.3, -0.25) is 9.69 Å². The number of carbonyl (C=O) groups is 1. The molecule has 1 amide bonds. The molecule has 1 N–H and O–H groups in total. The largest absolute Gasteiger partial charge is 0.497 e. The summed E-state index contributed by atoms with van der Waals surface area (Å²) in [4.78, 5) is 16.9. The van der Waals surface area contributed by atoms with Gasteiger partial charge in [0, 0.05) is 42.6 Å². The van der Waals surface area contributed by atoms with E-state index in [4.69, 9.17) is 9.47 Å². The van der Waals surface area contributed by atoms with Crippen LogP contribution in [0.1, 0.15) is 25.3 Å². The summed E-state index contributed by atoms with van der Waals surface area (Å²) in [6.07, 6.45) is 2.48. The molecule has 0 bridgehead atoms. The summed E-state index contributed by atoms with van der Waals surface area (Å²) in [7, 11) is 5.19. The van der Waals surface area contributed by atoms with Crippen LogP contribution in [0, 0.1) is 5.92 Å². The van der Waals surface area contributed by atoms with Crippen LogP contribution in [0.3, 0.4) is 0 Å². The van der Waals surface area contributed by atoms with Crippen LogP contribution < -0.4 is 19.7 Å². The first-order valence-electron chi connectivity index (χ1n) is 10.5. The lowest BCUT2D eigenvalue weighted by atomic mass is 9.99. The van der Waals surface area contributed by atoms with Gasteiger partial charge in [0.2, 0.25) is 5.91 Å². The van der Waals surface area contributed by atoms with E-state index in [9.17, 15) is 4.79 Å². The van der Waals surface area contributed by atoms with Crippen molar-refractivity contribution in [3.05, 3.63) is 48.0 Å². The standard InChI is InChI=1S/C24H33N3O3/c1-18-11-13-27(14-12-18)21-8-6-20(7-9-21)25-24(28)17-26(2)16-19-5-10-22(29-3)15-23(19)30-4/h5-10,15,18H,11-14,16-17H2,1-4H3,(H,25,28). The Balaban J connectivity index is 1.51. The highest BCUT2D eigenvalue weighted by Gasteiger charge is 2.16. The van der Waals surface area contributed by atoms with Crippen LogP contribution in [0.2, 0.25) is 0 Å². The number of piperidine rings is 1. The number of rotatable bonds is 8. The van der Waals surface area contributed by atoms with Gasteiger partial charge in [0.25, 0.3) is 0 Å². The zero-order valence-electron chi connectivity index (χ0n) is 18.5. The molecular weight excluding hydrogens is 378 g/mol. The molecule has 2 aromatic rings. The van der Waals surface area contributed by atoms with E-state index in [1.165, 1.54) is 18.5 Å². The van der Waals surface area contributed by atoms with Crippen molar-refractivity contribution in [2.75, 3.05) is 51.1 Å². The Hall–Kier alpha value is -2.73. The van der Waals surface area contributed by atoms with Crippen LogP contribution in [0.15, 0.2) is 42.5 Å². The molecule has 1 saturated heterocycles. The minimum absolute atomic E-state index is 0.0375. The summed E-state index contributed by atoms with van der Waals surface area (Å²) < 4.78 is 10.7. The second kappa shape index (κ2) is 10.3. The third-order valence-electron chi connectivity index (χ3n) is 5.65. The smallest absolute Gasteiger partial charge is 0.238 e. The topological polar surface area (TPSA) is 54.0 Å². The summed E-state index contributed by atoms with van der Waals surface area (Å²) in [6, 6.07) is 13.9. The quantitative estimate of drug-likeness (QED) is 0.711.